The van der Waals surface area contributed by atoms with Gasteiger partial charge in [0.1, 0.15) is 5.69 Å². The summed E-state index contributed by atoms with van der Waals surface area (Å²) in [4.78, 5) is 23.9. The van der Waals surface area contributed by atoms with Gasteiger partial charge in [-0.15, -0.1) is 0 Å². The zero-order valence-corrected chi connectivity index (χ0v) is 15.1. The standard InChI is InChI=1S/C16H14Cl2N6O2/c1-2-24-7-13(14(23-24)15(19)25)20-16(26)12-6-11(21-22-12)8-3-4-9(17)10(18)5-8/h3-7H,2H2,1H3,(H2,19,25)(H,20,26)(H,21,22). The van der Waals surface area contributed by atoms with Gasteiger partial charge in [0.05, 0.1) is 21.4 Å². The average Bonchev–Trinajstić information content (AvgIpc) is 3.24. The SMILES string of the molecule is CCn1cc(NC(=O)c2cc(-c3ccc(Cl)c(Cl)c3)n[nH]2)c(C(N)=O)n1. The Morgan fingerprint density at radius 3 is 2.69 bits per heavy atom. The summed E-state index contributed by atoms with van der Waals surface area (Å²) in [5.74, 6) is -1.21. The maximum absolute atomic E-state index is 12.4. The van der Waals surface area contributed by atoms with Crippen molar-refractivity contribution in [3.63, 3.8) is 0 Å². The summed E-state index contributed by atoms with van der Waals surface area (Å²) >= 11 is 11.9. The maximum atomic E-state index is 12.4. The fourth-order valence-electron chi connectivity index (χ4n) is 2.29. The molecule has 0 fully saturated rings. The molecule has 0 aliphatic heterocycles. The van der Waals surface area contributed by atoms with Crippen molar-refractivity contribution in [3.05, 3.63) is 51.9 Å². The number of hydrogen-bond donors (Lipinski definition) is 3. The molecule has 0 saturated heterocycles. The van der Waals surface area contributed by atoms with Gasteiger partial charge in [-0.2, -0.15) is 10.2 Å². The first-order valence-corrected chi connectivity index (χ1v) is 8.34. The second-order valence-electron chi connectivity index (χ2n) is 5.36. The van der Waals surface area contributed by atoms with Crippen LogP contribution in [0.2, 0.25) is 10.0 Å². The third-order valence-corrected chi connectivity index (χ3v) is 4.34. The summed E-state index contributed by atoms with van der Waals surface area (Å²) < 4.78 is 1.50. The number of halogens is 2. The van der Waals surface area contributed by atoms with Crippen molar-refractivity contribution >= 4 is 40.7 Å². The lowest BCUT2D eigenvalue weighted by Gasteiger charge is -2.01. The van der Waals surface area contributed by atoms with Crippen molar-refractivity contribution in [2.24, 2.45) is 5.73 Å². The molecule has 0 saturated carbocycles. The van der Waals surface area contributed by atoms with E-state index in [9.17, 15) is 9.59 Å². The number of H-pyrrole nitrogens is 1. The van der Waals surface area contributed by atoms with Gasteiger partial charge in [-0.3, -0.25) is 19.4 Å². The van der Waals surface area contributed by atoms with E-state index in [1.165, 1.54) is 10.9 Å². The van der Waals surface area contributed by atoms with E-state index in [0.29, 0.717) is 27.8 Å². The Morgan fingerprint density at radius 1 is 1.27 bits per heavy atom. The fraction of sp³-hybridized carbons (Fsp3) is 0.125. The first-order chi connectivity index (χ1) is 12.4. The normalized spacial score (nSPS) is 10.7. The maximum Gasteiger partial charge on any atom is 0.273 e. The van der Waals surface area contributed by atoms with Gasteiger partial charge in [-0.1, -0.05) is 29.3 Å². The van der Waals surface area contributed by atoms with Crippen LogP contribution in [0.4, 0.5) is 5.69 Å². The van der Waals surface area contributed by atoms with E-state index in [4.69, 9.17) is 28.9 Å². The van der Waals surface area contributed by atoms with Crippen LogP contribution in [0.5, 0.6) is 0 Å². The number of carbonyl (C=O) groups excluding carboxylic acids is 2. The molecule has 2 heterocycles. The highest BCUT2D eigenvalue weighted by Gasteiger charge is 2.18. The number of hydrogen-bond acceptors (Lipinski definition) is 4. The summed E-state index contributed by atoms with van der Waals surface area (Å²) in [5.41, 5.74) is 6.94. The van der Waals surface area contributed by atoms with E-state index in [2.05, 4.69) is 20.6 Å². The van der Waals surface area contributed by atoms with Crippen LogP contribution in [-0.2, 0) is 6.54 Å². The second-order valence-corrected chi connectivity index (χ2v) is 6.18. The minimum atomic E-state index is -0.728. The van der Waals surface area contributed by atoms with Crippen LogP contribution in [0, 0.1) is 0 Å². The summed E-state index contributed by atoms with van der Waals surface area (Å²) in [7, 11) is 0. The number of rotatable bonds is 5. The van der Waals surface area contributed by atoms with Crippen LogP contribution in [-0.4, -0.2) is 31.8 Å². The number of nitrogens with one attached hydrogen (secondary N) is 2. The van der Waals surface area contributed by atoms with Crippen LogP contribution in [0.15, 0.2) is 30.5 Å². The summed E-state index contributed by atoms with van der Waals surface area (Å²) in [6, 6.07) is 6.59. The quantitative estimate of drug-likeness (QED) is 0.618. The molecule has 4 N–H and O–H groups in total. The van der Waals surface area contributed by atoms with Gasteiger partial charge in [0.2, 0.25) is 0 Å². The number of nitrogens with zero attached hydrogens (tertiary/aromatic N) is 3. The van der Waals surface area contributed by atoms with Crippen molar-refractivity contribution < 1.29 is 9.59 Å². The van der Waals surface area contributed by atoms with Gasteiger partial charge in [-0.25, -0.2) is 0 Å². The topological polar surface area (TPSA) is 119 Å². The molecule has 134 valence electrons. The molecular weight excluding hydrogens is 379 g/mol. The smallest absolute Gasteiger partial charge is 0.273 e. The lowest BCUT2D eigenvalue weighted by atomic mass is 10.1. The van der Waals surface area contributed by atoms with Crippen LogP contribution in [0.3, 0.4) is 0 Å². The molecule has 0 aliphatic rings. The van der Waals surface area contributed by atoms with Crippen LogP contribution >= 0.6 is 23.2 Å². The molecule has 1 aromatic carbocycles. The molecule has 0 aliphatic carbocycles. The Labute approximate surface area is 158 Å². The van der Waals surface area contributed by atoms with Gasteiger partial charge in [0.15, 0.2) is 5.69 Å². The predicted molar refractivity (Wildman–Crippen MR) is 98.4 cm³/mol. The number of benzene rings is 1. The number of primary amides is 1. The molecule has 10 heteroatoms. The molecule has 0 radical (unpaired) electrons. The number of amides is 2. The highest BCUT2D eigenvalue weighted by molar-refractivity contribution is 6.42. The van der Waals surface area contributed by atoms with Crippen LogP contribution in [0.25, 0.3) is 11.3 Å². The number of aromatic nitrogens is 4. The third kappa shape index (κ3) is 3.56. The van der Waals surface area contributed by atoms with E-state index >= 15 is 0 Å². The molecule has 3 aromatic rings. The van der Waals surface area contributed by atoms with Gasteiger partial charge in [0.25, 0.3) is 11.8 Å². The Morgan fingerprint density at radius 2 is 2.04 bits per heavy atom. The molecule has 2 amide bonds. The summed E-state index contributed by atoms with van der Waals surface area (Å²) in [6.07, 6.45) is 1.54. The number of aromatic amines is 1. The Bertz CT molecular complexity index is 995. The van der Waals surface area contributed by atoms with Crippen molar-refractivity contribution in [1.82, 2.24) is 20.0 Å². The zero-order valence-electron chi connectivity index (χ0n) is 13.6. The Balaban J connectivity index is 1.83. The molecule has 0 unspecified atom stereocenters. The number of carbonyl (C=O) groups is 2. The monoisotopic (exact) mass is 392 g/mol. The van der Waals surface area contributed by atoms with E-state index in [0.717, 1.165) is 0 Å². The molecule has 26 heavy (non-hydrogen) atoms. The predicted octanol–water partition coefficient (Wildman–Crippen LogP) is 2.95. The minimum absolute atomic E-state index is 0.00979. The molecule has 2 aromatic heterocycles. The van der Waals surface area contributed by atoms with E-state index in [1.807, 2.05) is 6.92 Å². The van der Waals surface area contributed by atoms with Gasteiger partial charge >= 0.3 is 0 Å². The largest absolute Gasteiger partial charge is 0.364 e. The van der Waals surface area contributed by atoms with Crippen molar-refractivity contribution in [2.45, 2.75) is 13.5 Å². The minimum Gasteiger partial charge on any atom is -0.364 e. The van der Waals surface area contributed by atoms with Crippen molar-refractivity contribution in [2.75, 3.05) is 5.32 Å². The number of anilines is 1. The van der Waals surface area contributed by atoms with E-state index < -0.39 is 11.8 Å². The van der Waals surface area contributed by atoms with Crippen LogP contribution in [0.1, 0.15) is 27.9 Å². The lowest BCUT2D eigenvalue weighted by molar-refractivity contribution is 0.0995. The second kappa shape index (κ2) is 7.19. The fourth-order valence-corrected chi connectivity index (χ4v) is 2.59. The van der Waals surface area contributed by atoms with Gasteiger partial charge in [0, 0.05) is 18.3 Å². The molecule has 3 rings (SSSR count). The number of nitrogens with two attached hydrogens (primary N) is 1. The van der Waals surface area contributed by atoms with E-state index in [1.54, 1.807) is 24.3 Å². The molecule has 0 atom stereocenters. The third-order valence-electron chi connectivity index (χ3n) is 3.61. The zero-order chi connectivity index (χ0) is 18.8. The first kappa shape index (κ1) is 18.0. The van der Waals surface area contributed by atoms with E-state index in [-0.39, 0.29) is 17.1 Å². The van der Waals surface area contributed by atoms with Gasteiger partial charge < -0.3 is 11.1 Å². The Hall–Kier alpha value is -2.84. The average molecular weight is 393 g/mol. The van der Waals surface area contributed by atoms with Gasteiger partial charge in [-0.05, 0) is 25.1 Å². The molecule has 0 bridgehead atoms. The lowest BCUT2D eigenvalue weighted by Crippen LogP contribution is -2.18. The van der Waals surface area contributed by atoms with Crippen molar-refractivity contribution in [1.29, 1.82) is 0 Å². The van der Waals surface area contributed by atoms with Crippen molar-refractivity contribution in [3.8, 4) is 11.3 Å². The first-order valence-electron chi connectivity index (χ1n) is 7.58. The molecule has 0 spiro atoms. The number of aryl methyl sites for hydroxylation is 1. The highest BCUT2D eigenvalue weighted by Crippen LogP contribution is 2.28. The summed E-state index contributed by atoms with van der Waals surface area (Å²) in [5, 5.41) is 14.2. The molecular formula is C16H14Cl2N6O2. The highest BCUT2D eigenvalue weighted by atomic mass is 35.5. The van der Waals surface area contributed by atoms with Crippen LogP contribution < -0.4 is 11.1 Å². The molecule has 8 nitrogen and oxygen atoms in total. The Kier molecular flexibility index (Phi) is 4.97. The summed E-state index contributed by atoms with van der Waals surface area (Å²) in [6.45, 7) is 2.38.